The molecule has 8 nitrogen and oxygen atoms in total. The molecular weight excluding hydrogens is 516 g/mol. The van der Waals surface area contributed by atoms with E-state index in [9.17, 15) is 27.0 Å². The maximum atomic E-state index is 12.7. The van der Waals surface area contributed by atoms with Gasteiger partial charge in [-0.25, -0.2) is 16.8 Å². The molecule has 0 aromatic heterocycles. The van der Waals surface area contributed by atoms with Crippen LogP contribution in [0.4, 0.5) is 0 Å². The number of hydrogen-bond acceptors (Lipinski definition) is 8. The Morgan fingerprint density at radius 1 is 0.568 bits per heavy atom. The molecule has 1 atom stereocenters. The molecule has 37 heavy (non-hydrogen) atoms. The van der Waals surface area contributed by atoms with E-state index in [1.807, 2.05) is 0 Å². The molecule has 0 heterocycles. The number of phenols is 2. The van der Waals surface area contributed by atoms with Crippen LogP contribution < -0.4 is 9.47 Å². The van der Waals surface area contributed by atoms with Crippen molar-refractivity contribution >= 4 is 19.7 Å². The van der Waals surface area contributed by atoms with Gasteiger partial charge in [-0.1, -0.05) is 0 Å². The molecule has 2 N–H and O–H groups in total. The van der Waals surface area contributed by atoms with E-state index in [-0.39, 0.29) is 43.8 Å². The molecule has 4 rings (SSSR count). The third-order valence-electron chi connectivity index (χ3n) is 5.38. The Labute approximate surface area is 215 Å². The van der Waals surface area contributed by atoms with Crippen LogP contribution in [0.1, 0.15) is 6.92 Å². The van der Waals surface area contributed by atoms with Gasteiger partial charge in [0.25, 0.3) is 0 Å². The van der Waals surface area contributed by atoms with E-state index in [2.05, 4.69) is 0 Å². The Morgan fingerprint density at radius 2 is 0.892 bits per heavy atom. The third-order valence-corrected chi connectivity index (χ3v) is 8.96. The molecule has 10 heteroatoms. The fourth-order valence-corrected chi connectivity index (χ4v) is 5.94. The zero-order valence-electron chi connectivity index (χ0n) is 19.7. The molecule has 0 aliphatic heterocycles. The number of aromatic hydroxyl groups is 2. The van der Waals surface area contributed by atoms with Gasteiger partial charge in [-0.2, -0.15) is 0 Å². The van der Waals surface area contributed by atoms with E-state index in [0.29, 0.717) is 11.5 Å². The van der Waals surface area contributed by atoms with Crippen LogP contribution in [0, 0.1) is 0 Å². The van der Waals surface area contributed by atoms with Gasteiger partial charge in [-0.05, 0) is 104 Å². The smallest absolute Gasteiger partial charge is 0.206 e. The summed E-state index contributed by atoms with van der Waals surface area (Å²) < 4.78 is 62.4. The minimum Gasteiger partial charge on any atom is -0.508 e. The number of phenolic OH excluding ortho intramolecular Hbond substituents is 2. The molecule has 0 spiro atoms. The fourth-order valence-electron chi connectivity index (χ4n) is 3.42. The van der Waals surface area contributed by atoms with E-state index in [1.54, 1.807) is 31.2 Å². The Hall–Kier alpha value is -4.02. The minimum atomic E-state index is -3.73. The van der Waals surface area contributed by atoms with Crippen LogP contribution in [0.2, 0.25) is 0 Å². The molecule has 0 saturated heterocycles. The van der Waals surface area contributed by atoms with Gasteiger partial charge < -0.3 is 19.7 Å². The molecule has 4 aromatic carbocycles. The summed E-state index contributed by atoms with van der Waals surface area (Å²) in [5.74, 6) is 0.870. The second-order valence-electron chi connectivity index (χ2n) is 8.18. The normalized spacial score (nSPS) is 12.6. The van der Waals surface area contributed by atoms with Crippen molar-refractivity contribution in [2.75, 3.05) is 6.61 Å². The van der Waals surface area contributed by atoms with Crippen molar-refractivity contribution < 1.29 is 36.5 Å². The second-order valence-corrected chi connectivity index (χ2v) is 12.1. The molecule has 0 fully saturated rings. The largest absolute Gasteiger partial charge is 0.508 e. The van der Waals surface area contributed by atoms with Crippen LogP contribution in [0.15, 0.2) is 117 Å². The molecule has 192 valence electrons. The van der Waals surface area contributed by atoms with Crippen LogP contribution in [0.5, 0.6) is 23.0 Å². The molecule has 1 unspecified atom stereocenters. The summed E-state index contributed by atoms with van der Waals surface area (Å²) in [4.78, 5) is 0.333. The highest BCUT2D eigenvalue weighted by molar-refractivity contribution is 7.91. The van der Waals surface area contributed by atoms with Crippen molar-refractivity contribution in [2.45, 2.75) is 32.6 Å². The zero-order valence-corrected chi connectivity index (χ0v) is 21.3. The van der Waals surface area contributed by atoms with Gasteiger partial charge >= 0.3 is 0 Å². The van der Waals surface area contributed by atoms with Crippen molar-refractivity contribution in [3.8, 4) is 23.0 Å². The number of ether oxygens (including phenoxy) is 2. The summed E-state index contributed by atoms with van der Waals surface area (Å²) in [6.45, 7) is 1.95. The number of rotatable bonds is 9. The summed E-state index contributed by atoms with van der Waals surface area (Å²) in [6, 6.07) is 22.6. The van der Waals surface area contributed by atoms with Crippen molar-refractivity contribution in [3.05, 3.63) is 97.1 Å². The van der Waals surface area contributed by atoms with E-state index < -0.39 is 19.7 Å². The summed E-state index contributed by atoms with van der Waals surface area (Å²) in [5.41, 5.74) is 0. The van der Waals surface area contributed by atoms with Crippen LogP contribution in [-0.4, -0.2) is 39.8 Å². The quantitative estimate of drug-likeness (QED) is 0.315. The van der Waals surface area contributed by atoms with Crippen LogP contribution >= 0.6 is 0 Å². The predicted molar refractivity (Wildman–Crippen MR) is 136 cm³/mol. The van der Waals surface area contributed by atoms with E-state index >= 15 is 0 Å². The van der Waals surface area contributed by atoms with Gasteiger partial charge in [0.1, 0.15) is 35.7 Å². The van der Waals surface area contributed by atoms with Crippen molar-refractivity contribution in [1.82, 2.24) is 0 Å². The van der Waals surface area contributed by atoms with E-state index in [1.165, 1.54) is 72.8 Å². The summed E-state index contributed by atoms with van der Waals surface area (Å²) >= 11 is 0. The van der Waals surface area contributed by atoms with Crippen LogP contribution in [-0.2, 0) is 19.7 Å². The first-order valence-corrected chi connectivity index (χ1v) is 14.1. The summed E-state index contributed by atoms with van der Waals surface area (Å²) in [7, 11) is -7.45. The first kappa shape index (κ1) is 26.1. The molecule has 0 radical (unpaired) electrons. The van der Waals surface area contributed by atoms with E-state index in [4.69, 9.17) is 9.47 Å². The number of hydrogen-bond donors (Lipinski definition) is 2. The molecule has 4 aromatic rings. The van der Waals surface area contributed by atoms with Crippen molar-refractivity contribution in [1.29, 1.82) is 0 Å². The Kier molecular flexibility index (Phi) is 7.42. The lowest BCUT2D eigenvalue weighted by molar-refractivity contribution is 0.143. The monoisotopic (exact) mass is 540 g/mol. The average molecular weight is 541 g/mol. The second kappa shape index (κ2) is 10.5. The van der Waals surface area contributed by atoms with Gasteiger partial charge in [0, 0.05) is 0 Å². The lowest BCUT2D eigenvalue weighted by Gasteiger charge is -2.16. The Morgan fingerprint density at radius 3 is 1.27 bits per heavy atom. The van der Waals surface area contributed by atoms with E-state index in [0.717, 1.165) is 0 Å². The van der Waals surface area contributed by atoms with Crippen LogP contribution in [0.25, 0.3) is 0 Å². The number of sulfone groups is 2. The fraction of sp³-hybridized carbons (Fsp3) is 0.111. The Balaban J connectivity index is 1.34. The van der Waals surface area contributed by atoms with Crippen LogP contribution in [0.3, 0.4) is 0 Å². The minimum absolute atomic E-state index is 0.0194. The number of benzene rings is 4. The zero-order chi connectivity index (χ0) is 26.6. The summed E-state index contributed by atoms with van der Waals surface area (Å²) in [5, 5.41) is 18.7. The topological polar surface area (TPSA) is 127 Å². The first-order valence-electron chi connectivity index (χ1n) is 11.1. The average Bonchev–Trinajstić information content (AvgIpc) is 2.88. The highest BCUT2D eigenvalue weighted by Crippen LogP contribution is 2.26. The molecule has 0 bridgehead atoms. The molecule has 0 aliphatic rings. The Bertz CT molecular complexity index is 1560. The standard InChI is InChI=1S/C27H24O8S2/c1-19(35-23-8-16-27(17-9-23)37(32,33)25-12-4-21(29)5-13-25)18-34-22-6-14-26(15-7-22)36(30,31)24-10-2-20(28)3-11-24/h2-17,19,28-29H,18H2,1H3. The van der Waals surface area contributed by atoms with Gasteiger partial charge in [-0.15, -0.1) is 0 Å². The molecule has 0 aliphatic carbocycles. The SMILES string of the molecule is CC(COc1ccc(S(=O)(=O)c2ccc(O)cc2)cc1)Oc1ccc(S(=O)(=O)c2ccc(O)cc2)cc1. The lowest BCUT2D eigenvalue weighted by Crippen LogP contribution is -2.21. The lowest BCUT2D eigenvalue weighted by atomic mass is 10.3. The van der Waals surface area contributed by atoms with Crippen molar-refractivity contribution in [3.63, 3.8) is 0 Å². The van der Waals surface area contributed by atoms with Gasteiger partial charge in [0.2, 0.25) is 19.7 Å². The highest BCUT2D eigenvalue weighted by Gasteiger charge is 2.19. The van der Waals surface area contributed by atoms with Crippen molar-refractivity contribution in [2.24, 2.45) is 0 Å². The predicted octanol–water partition coefficient (Wildman–Crippen LogP) is 4.61. The highest BCUT2D eigenvalue weighted by atomic mass is 32.2. The maximum Gasteiger partial charge on any atom is 0.206 e. The van der Waals surface area contributed by atoms with Gasteiger partial charge in [0.15, 0.2) is 0 Å². The molecule has 0 saturated carbocycles. The maximum absolute atomic E-state index is 12.7. The first-order chi connectivity index (χ1) is 17.6. The molecule has 0 amide bonds. The third kappa shape index (κ3) is 6.04. The van der Waals surface area contributed by atoms with Gasteiger partial charge in [0.05, 0.1) is 19.6 Å². The van der Waals surface area contributed by atoms with Gasteiger partial charge in [-0.3, -0.25) is 0 Å². The summed E-state index contributed by atoms with van der Waals surface area (Å²) in [6.07, 6.45) is -0.389. The molecular formula is C27H24O8S2.